The molecule has 0 spiro atoms. The Bertz CT molecular complexity index is 1570. The minimum Gasteiger partial charge on any atom is -0.497 e. The number of nitrogens with one attached hydrogen (secondary N) is 1. The molecule has 5 aromatic rings. The van der Waals surface area contributed by atoms with Crippen molar-refractivity contribution in [2.45, 2.75) is 39.0 Å². The first-order chi connectivity index (χ1) is 18.5. The molecule has 194 valence electrons. The van der Waals surface area contributed by atoms with Crippen LogP contribution in [0.4, 0.5) is 4.39 Å². The van der Waals surface area contributed by atoms with E-state index in [1.54, 1.807) is 23.9 Å². The maximum Gasteiger partial charge on any atom is 0.252 e. The first kappa shape index (κ1) is 25.3. The van der Waals surface area contributed by atoms with Crippen molar-refractivity contribution in [3.05, 3.63) is 118 Å². The SMILES string of the molecule is CC[C@@H](c1nnnn1Cc1ccc(F)cc1)N(Cc1ccccc1)Cc1cc2cc(OC)ccc2[nH]c1=O. The van der Waals surface area contributed by atoms with Gasteiger partial charge in [-0.1, -0.05) is 49.4 Å². The monoisotopic (exact) mass is 512 g/mol. The van der Waals surface area contributed by atoms with Crippen LogP contribution >= 0.6 is 0 Å². The van der Waals surface area contributed by atoms with Crippen molar-refractivity contribution < 1.29 is 9.13 Å². The van der Waals surface area contributed by atoms with Crippen molar-refractivity contribution in [1.82, 2.24) is 30.1 Å². The predicted molar refractivity (Wildman–Crippen MR) is 143 cm³/mol. The second kappa shape index (κ2) is 11.4. The van der Waals surface area contributed by atoms with Gasteiger partial charge in [0.05, 0.1) is 19.7 Å². The number of ether oxygens (including phenoxy) is 1. The van der Waals surface area contributed by atoms with E-state index in [0.29, 0.717) is 31.0 Å². The Morgan fingerprint density at radius 2 is 1.79 bits per heavy atom. The molecule has 2 aromatic heterocycles. The first-order valence-corrected chi connectivity index (χ1v) is 12.5. The van der Waals surface area contributed by atoms with Gasteiger partial charge in [-0.05, 0) is 64.4 Å². The largest absolute Gasteiger partial charge is 0.497 e. The van der Waals surface area contributed by atoms with E-state index < -0.39 is 0 Å². The van der Waals surface area contributed by atoms with Gasteiger partial charge in [0.1, 0.15) is 11.6 Å². The average Bonchev–Trinajstić information content (AvgIpc) is 3.38. The third-order valence-electron chi connectivity index (χ3n) is 6.66. The molecule has 5 rings (SSSR count). The van der Waals surface area contributed by atoms with E-state index in [-0.39, 0.29) is 17.4 Å². The summed E-state index contributed by atoms with van der Waals surface area (Å²) in [5, 5.41) is 13.5. The molecule has 0 amide bonds. The molecule has 0 radical (unpaired) electrons. The number of benzene rings is 3. The van der Waals surface area contributed by atoms with Gasteiger partial charge in [0.2, 0.25) is 0 Å². The number of nitrogens with zero attached hydrogens (tertiary/aromatic N) is 5. The number of rotatable bonds is 10. The van der Waals surface area contributed by atoms with Gasteiger partial charge >= 0.3 is 0 Å². The lowest BCUT2D eigenvalue weighted by Crippen LogP contribution is -2.32. The summed E-state index contributed by atoms with van der Waals surface area (Å²) in [7, 11) is 1.62. The zero-order chi connectivity index (χ0) is 26.5. The molecule has 0 bridgehead atoms. The topological polar surface area (TPSA) is 88.9 Å². The fourth-order valence-electron chi connectivity index (χ4n) is 4.72. The lowest BCUT2D eigenvalue weighted by molar-refractivity contribution is 0.161. The highest BCUT2D eigenvalue weighted by Gasteiger charge is 2.26. The molecule has 1 N–H and O–H groups in total. The van der Waals surface area contributed by atoms with E-state index >= 15 is 0 Å². The predicted octanol–water partition coefficient (Wildman–Crippen LogP) is 4.86. The van der Waals surface area contributed by atoms with Crippen molar-refractivity contribution in [3.8, 4) is 5.75 Å². The Labute approximate surface area is 219 Å². The van der Waals surface area contributed by atoms with E-state index in [4.69, 9.17) is 4.74 Å². The number of tetrazole rings is 1. The number of H-pyrrole nitrogens is 1. The molecule has 3 aromatic carbocycles. The van der Waals surface area contributed by atoms with E-state index in [9.17, 15) is 9.18 Å². The Morgan fingerprint density at radius 3 is 2.53 bits per heavy atom. The Morgan fingerprint density at radius 1 is 1.00 bits per heavy atom. The molecule has 1 atom stereocenters. The number of pyridine rings is 1. The van der Waals surface area contributed by atoms with Crippen molar-refractivity contribution in [1.29, 1.82) is 0 Å². The van der Waals surface area contributed by atoms with E-state index in [1.807, 2.05) is 42.5 Å². The Balaban J connectivity index is 1.51. The van der Waals surface area contributed by atoms with Gasteiger partial charge in [-0.2, -0.15) is 0 Å². The van der Waals surface area contributed by atoms with Crippen LogP contribution in [0.25, 0.3) is 10.9 Å². The van der Waals surface area contributed by atoms with Crippen LogP contribution < -0.4 is 10.3 Å². The van der Waals surface area contributed by atoms with Crippen LogP contribution in [0, 0.1) is 5.82 Å². The summed E-state index contributed by atoms with van der Waals surface area (Å²) in [5.74, 6) is 1.12. The molecule has 0 aliphatic heterocycles. The summed E-state index contributed by atoms with van der Waals surface area (Å²) in [6.45, 7) is 3.47. The standard InChI is InChI=1S/C29H29FN6O2/c1-3-27(28-32-33-34-36(28)18-21-9-11-24(30)12-10-21)35(17-20-7-5-4-6-8-20)19-23-15-22-16-25(38-2)13-14-26(22)31-29(23)37/h4-16,27H,3,17-19H2,1-2H3,(H,31,37)/t27-/m0/s1. The minimum absolute atomic E-state index is 0.138. The first-order valence-electron chi connectivity index (χ1n) is 12.5. The van der Waals surface area contributed by atoms with Gasteiger partial charge < -0.3 is 9.72 Å². The molecule has 8 nitrogen and oxygen atoms in total. The van der Waals surface area contributed by atoms with Crippen LogP contribution in [0.5, 0.6) is 5.75 Å². The second-order valence-electron chi connectivity index (χ2n) is 9.21. The summed E-state index contributed by atoms with van der Waals surface area (Å²) in [6.07, 6.45) is 0.718. The van der Waals surface area contributed by atoms with Gasteiger partial charge in [-0.3, -0.25) is 9.69 Å². The highest BCUT2D eigenvalue weighted by molar-refractivity contribution is 5.80. The summed E-state index contributed by atoms with van der Waals surface area (Å²) in [6, 6.07) is 23.8. The molecule has 38 heavy (non-hydrogen) atoms. The fourth-order valence-corrected chi connectivity index (χ4v) is 4.72. The van der Waals surface area contributed by atoms with Crippen LogP contribution in [0.3, 0.4) is 0 Å². The molecule has 0 aliphatic rings. The minimum atomic E-state index is -0.288. The van der Waals surface area contributed by atoms with Gasteiger partial charge in [0, 0.05) is 29.6 Å². The van der Waals surface area contributed by atoms with Crippen molar-refractivity contribution in [3.63, 3.8) is 0 Å². The molecule has 0 saturated heterocycles. The highest BCUT2D eigenvalue weighted by atomic mass is 19.1. The molecule has 2 heterocycles. The zero-order valence-electron chi connectivity index (χ0n) is 21.3. The van der Waals surface area contributed by atoms with Crippen LogP contribution in [-0.2, 0) is 19.6 Å². The van der Waals surface area contributed by atoms with E-state index in [0.717, 1.165) is 34.2 Å². The molecule has 0 saturated carbocycles. The summed E-state index contributed by atoms with van der Waals surface area (Å²) in [4.78, 5) is 18.3. The summed E-state index contributed by atoms with van der Waals surface area (Å²) < 4.78 is 20.6. The van der Waals surface area contributed by atoms with Gasteiger partial charge in [0.15, 0.2) is 5.82 Å². The quantitative estimate of drug-likeness (QED) is 0.287. The normalized spacial score (nSPS) is 12.2. The Hall–Kier alpha value is -4.37. The second-order valence-corrected chi connectivity index (χ2v) is 9.21. The van der Waals surface area contributed by atoms with Crippen molar-refractivity contribution >= 4 is 10.9 Å². The third kappa shape index (κ3) is 5.63. The lowest BCUT2D eigenvalue weighted by atomic mass is 10.1. The maximum absolute atomic E-state index is 13.4. The molecular formula is C29H29FN6O2. The molecule has 0 aliphatic carbocycles. The van der Waals surface area contributed by atoms with Crippen LogP contribution in [0.2, 0.25) is 0 Å². The van der Waals surface area contributed by atoms with Gasteiger partial charge in [-0.25, -0.2) is 9.07 Å². The summed E-state index contributed by atoms with van der Waals surface area (Å²) in [5.41, 5.74) is 3.26. The average molecular weight is 513 g/mol. The van der Waals surface area contributed by atoms with E-state index in [1.165, 1.54) is 12.1 Å². The van der Waals surface area contributed by atoms with Crippen LogP contribution in [0.1, 0.15) is 41.9 Å². The summed E-state index contributed by atoms with van der Waals surface area (Å²) >= 11 is 0. The molecule has 0 unspecified atom stereocenters. The van der Waals surface area contributed by atoms with Gasteiger partial charge in [0.25, 0.3) is 5.56 Å². The van der Waals surface area contributed by atoms with Gasteiger partial charge in [-0.15, -0.1) is 5.10 Å². The zero-order valence-corrected chi connectivity index (χ0v) is 21.3. The number of aromatic nitrogens is 5. The number of halogens is 1. The van der Waals surface area contributed by atoms with Crippen molar-refractivity contribution in [2.75, 3.05) is 7.11 Å². The Kier molecular flexibility index (Phi) is 7.55. The molecule has 9 heteroatoms. The van der Waals surface area contributed by atoms with Crippen LogP contribution in [0.15, 0.2) is 83.7 Å². The van der Waals surface area contributed by atoms with E-state index in [2.05, 4.69) is 44.5 Å². The fraction of sp³-hybridized carbons (Fsp3) is 0.241. The lowest BCUT2D eigenvalue weighted by Gasteiger charge is -2.30. The number of aromatic amines is 1. The van der Waals surface area contributed by atoms with Crippen LogP contribution in [-0.4, -0.2) is 37.2 Å². The number of hydrogen-bond donors (Lipinski definition) is 1. The maximum atomic E-state index is 13.4. The van der Waals surface area contributed by atoms with Crippen molar-refractivity contribution in [2.24, 2.45) is 0 Å². The number of fused-ring (bicyclic) bond motifs is 1. The number of methoxy groups -OCH3 is 1. The molecule has 0 fully saturated rings. The molecular weight excluding hydrogens is 483 g/mol. The third-order valence-corrected chi connectivity index (χ3v) is 6.66. The number of hydrogen-bond acceptors (Lipinski definition) is 6. The smallest absolute Gasteiger partial charge is 0.252 e. The highest BCUT2D eigenvalue weighted by Crippen LogP contribution is 2.27.